The average molecular weight is 281 g/mol. The summed E-state index contributed by atoms with van der Waals surface area (Å²) in [6.45, 7) is -0.104. The van der Waals surface area contributed by atoms with Crippen LogP contribution in [0.3, 0.4) is 0 Å². The zero-order valence-electron chi connectivity index (χ0n) is 8.68. The van der Waals surface area contributed by atoms with E-state index in [0.717, 1.165) is 4.47 Å². The highest BCUT2D eigenvalue weighted by Crippen LogP contribution is 2.14. The third-order valence-corrected chi connectivity index (χ3v) is 2.42. The predicted octanol–water partition coefficient (Wildman–Crippen LogP) is 3.33. The molecule has 0 fully saturated rings. The highest BCUT2D eigenvalue weighted by molar-refractivity contribution is 9.10. The number of benzene rings is 2. The molecular weight excluding hydrogens is 268 g/mol. The maximum atomic E-state index is 8.95. The number of phenols is 1. The molecule has 2 rings (SSSR count). The normalized spacial score (nSPS) is 9.12. The second-order valence-corrected chi connectivity index (χ2v) is 4.00. The Morgan fingerprint density at radius 1 is 0.875 bits per heavy atom. The molecule has 2 N–H and O–H groups in total. The molecule has 0 aliphatic heterocycles. The van der Waals surface area contributed by atoms with Crippen molar-refractivity contribution in [2.75, 3.05) is 0 Å². The number of rotatable bonds is 1. The lowest BCUT2D eigenvalue weighted by atomic mass is 10.2. The van der Waals surface area contributed by atoms with Crippen LogP contribution in [0.1, 0.15) is 5.56 Å². The first kappa shape index (κ1) is 12.7. The summed E-state index contributed by atoms with van der Waals surface area (Å²) in [5, 5.41) is 17.5. The topological polar surface area (TPSA) is 40.5 Å². The van der Waals surface area contributed by atoms with Crippen molar-refractivity contribution in [3.05, 3.63) is 64.6 Å². The molecule has 2 nitrogen and oxygen atoms in total. The van der Waals surface area contributed by atoms with Gasteiger partial charge in [-0.1, -0.05) is 52.3 Å². The van der Waals surface area contributed by atoms with Crippen LogP contribution in [0.15, 0.2) is 59.1 Å². The van der Waals surface area contributed by atoms with E-state index < -0.39 is 0 Å². The van der Waals surface area contributed by atoms with Gasteiger partial charge in [-0.2, -0.15) is 0 Å². The van der Waals surface area contributed by atoms with Gasteiger partial charge in [-0.25, -0.2) is 0 Å². The van der Waals surface area contributed by atoms with Gasteiger partial charge in [-0.3, -0.25) is 0 Å². The van der Waals surface area contributed by atoms with Crippen LogP contribution in [0.5, 0.6) is 5.75 Å². The molecule has 0 aromatic heterocycles. The van der Waals surface area contributed by atoms with Gasteiger partial charge in [0.1, 0.15) is 5.75 Å². The minimum atomic E-state index is -0.104. The molecule has 16 heavy (non-hydrogen) atoms. The van der Waals surface area contributed by atoms with E-state index in [1.807, 2.05) is 30.3 Å². The largest absolute Gasteiger partial charge is 0.508 e. The fourth-order valence-electron chi connectivity index (χ4n) is 1.06. The first-order valence-electron chi connectivity index (χ1n) is 4.82. The van der Waals surface area contributed by atoms with Crippen molar-refractivity contribution in [2.24, 2.45) is 0 Å². The fraction of sp³-hybridized carbons (Fsp3) is 0.0769. The monoisotopic (exact) mass is 280 g/mol. The van der Waals surface area contributed by atoms with E-state index in [1.165, 1.54) is 0 Å². The minimum absolute atomic E-state index is 0.104. The van der Waals surface area contributed by atoms with Crippen LogP contribution < -0.4 is 0 Å². The van der Waals surface area contributed by atoms with Crippen LogP contribution in [-0.2, 0) is 6.61 Å². The van der Waals surface area contributed by atoms with Crippen molar-refractivity contribution in [1.82, 2.24) is 0 Å². The Bertz CT molecular complexity index is 415. The van der Waals surface area contributed by atoms with Crippen LogP contribution in [0.25, 0.3) is 0 Å². The Kier molecular flexibility index (Phi) is 5.61. The second kappa shape index (κ2) is 7.04. The number of halogens is 1. The number of hydrogen-bond donors (Lipinski definition) is 2. The number of aliphatic hydroxyl groups excluding tert-OH is 1. The van der Waals surface area contributed by atoms with Crippen molar-refractivity contribution in [3.8, 4) is 5.75 Å². The van der Waals surface area contributed by atoms with Gasteiger partial charge in [0.25, 0.3) is 0 Å². The molecular formula is C13H13BrO2. The van der Waals surface area contributed by atoms with Crippen LogP contribution in [0, 0.1) is 0 Å². The first-order valence-corrected chi connectivity index (χ1v) is 5.61. The van der Waals surface area contributed by atoms with E-state index in [-0.39, 0.29) is 12.4 Å². The molecule has 0 unspecified atom stereocenters. The van der Waals surface area contributed by atoms with Gasteiger partial charge in [0, 0.05) is 10.0 Å². The molecule has 0 saturated heterocycles. The van der Waals surface area contributed by atoms with E-state index in [2.05, 4.69) is 15.9 Å². The summed E-state index contributed by atoms with van der Waals surface area (Å²) >= 11 is 3.31. The Morgan fingerprint density at radius 2 is 1.44 bits per heavy atom. The van der Waals surface area contributed by atoms with E-state index in [9.17, 15) is 0 Å². The molecule has 0 atom stereocenters. The van der Waals surface area contributed by atoms with E-state index >= 15 is 0 Å². The lowest BCUT2D eigenvalue weighted by molar-refractivity contribution is 0.275. The molecule has 2 aromatic rings. The average Bonchev–Trinajstić information content (AvgIpc) is 2.31. The van der Waals surface area contributed by atoms with Gasteiger partial charge in [0.05, 0.1) is 6.61 Å². The predicted molar refractivity (Wildman–Crippen MR) is 68.2 cm³/mol. The third kappa shape index (κ3) is 4.47. The molecule has 0 amide bonds. The van der Waals surface area contributed by atoms with E-state index in [4.69, 9.17) is 10.2 Å². The fourth-order valence-corrected chi connectivity index (χ4v) is 1.36. The summed E-state index contributed by atoms with van der Waals surface area (Å²) in [6, 6.07) is 16.7. The molecule has 3 heteroatoms. The van der Waals surface area contributed by atoms with E-state index in [1.54, 1.807) is 24.3 Å². The van der Waals surface area contributed by atoms with Gasteiger partial charge >= 0.3 is 0 Å². The van der Waals surface area contributed by atoms with Gasteiger partial charge in [-0.05, 0) is 18.2 Å². The molecule has 84 valence electrons. The second-order valence-electron chi connectivity index (χ2n) is 3.08. The Labute approximate surface area is 103 Å². The smallest absolute Gasteiger partial charge is 0.121 e. The number of aromatic hydroxyl groups is 1. The molecule has 0 radical (unpaired) electrons. The number of hydrogen-bond acceptors (Lipinski definition) is 2. The Morgan fingerprint density at radius 3 is 1.81 bits per heavy atom. The van der Waals surface area contributed by atoms with Crippen molar-refractivity contribution in [3.63, 3.8) is 0 Å². The van der Waals surface area contributed by atoms with Gasteiger partial charge in [0.2, 0.25) is 0 Å². The molecule has 0 saturated carbocycles. The molecule has 0 aliphatic rings. The maximum Gasteiger partial charge on any atom is 0.121 e. The zero-order chi connectivity index (χ0) is 11.8. The van der Waals surface area contributed by atoms with Crippen molar-refractivity contribution in [1.29, 1.82) is 0 Å². The zero-order valence-corrected chi connectivity index (χ0v) is 10.3. The summed E-state index contributed by atoms with van der Waals surface area (Å²) < 4.78 is 1.13. The Balaban J connectivity index is 0.000000165. The summed E-state index contributed by atoms with van der Waals surface area (Å²) in [5.41, 5.74) is 0.567. The van der Waals surface area contributed by atoms with Crippen LogP contribution in [-0.4, -0.2) is 10.2 Å². The SMILES string of the molecule is Brc1ccccc1.OCc1ccccc1O. The van der Waals surface area contributed by atoms with E-state index in [0.29, 0.717) is 5.56 Å². The molecule has 2 aromatic carbocycles. The lowest BCUT2D eigenvalue weighted by Crippen LogP contribution is -1.80. The van der Waals surface area contributed by atoms with Crippen molar-refractivity contribution >= 4 is 15.9 Å². The summed E-state index contributed by atoms with van der Waals surface area (Å²) in [4.78, 5) is 0. The highest BCUT2D eigenvalue weighted by atomic mass is 79.9. The summed E-state index contributed by atoms with van der Waals surface area (Å²) in [6.07, 6.45) is 0. The Hall–Kier alpha value is -1.32. The van der Waals surface area contributed by atoms with Crippen molar-refractivity contribution in [2.45, 2.75) is 6.61 Å². The van der Waals surface area contributed by atoms with Gasteiger partial charge in [0.15, 0.2) is 0 Å². The molecule has 0 aliphatic carbocycles. The maximum absolute atomic E-state index is 8.95. The third-order valence-electron chi connectivity index (χ3n) is 1.90. The van der Waals surface area contributed by atoms with Gasteiger partial charge in [-0.15, -0.1) is 0 Å². The summed E-state index contributed by atoms with van der Waals surface area (Å²) in [7, 11) is 0. The first-order chi connectivity index (χ1) is 7.74. The number of para-hydroxylation sites is 1. The van der Waals surface area contributed by atoms with Crippen molar-refractivity contribution < 1.29 is 10.2 Å². The lowest BCUT2D eigenvalue weighted by Gasteiger charge is -1.96. The van der Waals surface area contributed by atoms with Crippen LogP contribution in [0.4, 0.5) is 0 Å². The van der Waals surface area contributed by atoms with Crippen LogP contribution in [0.2, 0.25) is 0 Å². The number of aliphatic hydroxyl groups is 1. The molecule has 0 spiro atoms. The quantitative estimate of drug-likeness (QED) is 0.841. The molecule has 0 bridgehead atoms. The standard InChI is InChI=1S/C7H8O2.C6H5Br/c8-5-6-3-1-2-4-7(6)9;7-6-4-2-1-3-5-6/h1-4,8-9H,5H2;1-5H. The molecule has 0 heterocycles. The van der Waals surface area contributed by atoms with Crippen LogP contribution >= 0.6 is 15.9 Å². The highest BCUT2D eigenvalue weighted by Gasteiger charge is 1.93. The van der Waals surface area contributed by atoms with Gasteiger partial charge < -0.3 is 10.2 Å². The summed E-state index contributed by atoms with van der Waals surface area (Å²) in [5.74, 6) is 0.153. The minimum Gasteiger partial charge on any atom is -0.508 e.